The van der Waals surface area contributed by atoms with Crippen LogP contribution in [0.1, 0.15) is 25.0 Å². The van der Waals surface area contributed by atoms with E-state index >= 15 is 0 Å². The summed E-state index contributed by atoms with van der Waals surface area (Å²) in [7, 11) is 0. The van der Waals surface area contributed by atoms with Gasteiger partial charge in [0, 0.05) is 44.0 Å². The first-order valence-corrected chi connectivity index (χ1v) is 7.19. The summed E-state index contributed by atoms with van der Waals surface area (Å²) in [6, 6.07) is 6.59. The SMILES string of the molecule is Cc1cccc(N2CCN(CC(C)(C)N)CC2)c1C. The number of aryl methyl sites for hydroxylation is 1. The summed E-state index contributed by atoms with van der Waals surface area (Å²) in [6.45, 7) is 14.0. The highest BCUT2D eigenvalue weighted by Crippen LogP contribution is 2.24. The van der Waals surface area contributed by atoms with Crippen LogP contribution in [0.3, 0.4) is 0 Å². The maximum absolute atomic E-state index is 6.10. The van der Waals surface area contributed by atoms with Gasteiger partial charge in [0.15, 0.2) is 0 Å². The van der Waals surface area contributed by atoms with Crippen LogP contribution in [0, 0.1) is 13.8 Å². The Morgan fingerprint density at radius 1 is 1.11 bits per heavy atom. The van der Waals surface area contributed by atoms with E-state index in [1.54, 1.807) is 0 Å². The third-order valence-electron chi connectivity index (χ3n) is 3.92. The van der Waals surface area contributed by atoms with Crippen molar-refractivity contribution in [3.8, 4) is 0 Å². The summed E-state index contributed by atoms with van der Waals surface area (Å²) in [5, 5.41) is 0. The predicted molar refractivity (Wildman–Crippen MR) is 82.8 cm³/mol. The average Bonchev–Trinajstić information content (AvgIpc) is 2.32. The number of nitrogens with two attached hydrogens (primary N) is 1. The Hall–Kier alpha value is -1.06. The Bertz CT molecular complexity index is 426. The van der Waals surface area contributed by atoms with Crippen molar-refractivity contribution < 1.29 is 0 Å². The quantitative estimate of drug-likeness (QED) is 0.905. The second-order valence-electron chi connectivity index (χ2n) is 6.47. The van der Waals surface area contributed by atoms with Crippen LogP contribution in [0.5, 0.6) is 0 Å². The van der Waals surface area contributed by atoms with E-state index in [0.29, 0.717) is 0 Å². The van der Waals surface area contributed by atoms with Gasteiger partial charge in [-0.3, -0.25) is 4.90 Å². The van der Waals surface area contributed by atoms with Gasteiger partial charge < -0.3 is 10.6 Å². The molecule has 0 radical (unpaired) electrons. The molecule has 1 fully saturated rings. The molecule has 1 aliphatic heterocycles. The van der Waals surface area contributed by atoms with E-state index in [1.165, 1.54) is 16.8 Å². The molecule has 3 heteroatoms. The molecule has 1 aliphatic rings. The zero-order valence-electron chi connectivity index (χ0n) is 12.7. The molecule has 0 atom stereocenters. The van der Waals surface area contributed by atoms with Crippen molar-refractivity contribution in [3.05, 3.63) is 29.3 Å². The van der Waals surface area contributed by atoms with Gasteiger partial charge in [-0.25, -0.2) is 0 Å². The third-order valence-corrected chi connectivity index (χ3v) is 3.92. The molecule has 0 amide bonds. The lowest BCUT2D eigenvalue weighted by atomic mass is 10.0. The largest absolute Gasteiger partial charge is 0.369 e. The molecule has 19 heavy (non-hydrogen) atoms. The van der Waals surface area contributed by atoms with E-state index in [2.05, 4.69) is 55.7 Å². The van der Waals surface area contributed by atoms with Gasteiger partial charge in [0.1, 0.15) is 0 Å². The van der Waals surface area contributed by atoms with Crippen molar-refractivity contribution >= 4 is 5.69 Å². The summed E-state index contributed by atoms with van der Waals surface area (Å²) < 4.78 is 0. The first kappa shape index (κ1) is 14.4. The Morgan fingerprint density at radius 2 is 1.74 bits per heavy atom. The molecule has 2 rings (SSSR count). The van der Waals surface area contributed by atoms with Gasteiger partial charge in [-0.1, -0.05) is 12.1 Å². The number of nitrogens with zero attached hydrogens (tertiary/aromatic N) is 2. The average molecular weight is 261 g/mol. The van der Waals surface area contributed by atoms with Crippen molar-refractivity contribution in [2.24, 2.45) is 5.73 Å². The summed E-state index contributed by atoms with van der Waals surface area (Å²) in [6.07, 6.45) is 0. The lowest BCUT2D eigenvalue weighted by Crippen LogP contribution is -2.53. The Morgan fingerprint density at radius 3 is 2.32 bits per heavy atom. The lowest BCUT2D eigenvalue weighted by Gasteiger charge is -2.39. The summed E-state index contributed by atoms with van der Waals surface area (Å²) in [5.74, 6) is 0. The number of hydrogen-bond donors (Lipinski definition) is 1. The van der Waals surface area contributed by atoms with Crippen molar-refractivity contribution in [2.75, 3.05) is 37.6 Å². The minimum atomic E-state index is -0.0958. The molecule has 0 aromatic heterocycles. The number of piperazine rings is 1. The molecular formula is C16H27N3. The summed E-state index contributed by atoms with van der Waals surface area (Å²) in [4.78, 5) is 4.98. The maximum atomic E-state index is 6.10. The van der Waals surface area contributed by atoms with Gasteiger partial charge in [-0.2, -0.15) is 0 Å². The maximum Gasteiger partial charge on any atom is 0.0399 e. The van der Waals surface area contributed by atoms with Crippen LogP contribution in [0.15, 0.2) is 18.2 Å². The molecule has 1 aromatic carbocycles. The van der Waals surface area contributed by atoms with E-state index in [-0.39, 0.29) is 5.54 Å². The molecule has 0 unspecified atom stereocenters. The second-order valence-corrected chi connectivity index (χ2v) is 6.47. The highest BCUT2D eigenvalue weighted by Gasteiger charge is 2.22. The standard InChI is InChI=1S/C16H27N3/c1-13-6-5-7-15(14(13)2)19-10-8-18(9-11-19)12-16(3,4)17/h5-7H,8-12,17H2,1-4H3. The molecule has 0 saturated carbocycles. The monoisotopic (exact) mass is 261 g/mol. The van der Waals surface area contributed by atoms with E-state index in [9.17, 15) is 0 Å². The van der Waals surface area contributed by atoms with E-state index in [4.69, 9.17) is 5.73 Å². The van der Waals surface area contributed by atoms with Crippen LogP contribution in [-0.2, 0) is 0 Å². The minimum absolute atomic E-state index is 0.0958. The van der Waals surface area contributed by atoms with Gasteiger partial charge in [0.2, 0.25) is 0 Å². The molecule has 106 valence electrons. The minimum Gasteiger partial charge on any atom is -0.369 e. The fourth-order valence-corrected chi connectivity index (χ4v) is 2.80. The predicted octanol–water partition coefficient (Wildman–Crippen LogP) is 2.16. The van der Waals surface area contributed by atoms with Crippen LogP contribution in [0.25, 0.3) is 0 Å². The highest BCUT2D eigenvalue weighted by molar-refractivity contribution is 5.56. The van der Waals surface area contributed by atoms with Crippen LogP contribution < -0.4 is 10.6 Å². The summed E-state index contributed by atoms with van der Waals surface area (Å²) >= 11 is 0. The lowest BCUT2D eigenvalue weighted by molar-refractivity contribution is 0.214. The van der Waals surface area contributed by atoms with Crippen molar-refractivity contribution in [1.82, 2.24) is 4.90 Å². The number of hydrogen-bond acceptors (Lipinski definition) is 3. The van der Waals surface area contributed by atoms with Gasteiger partial charge in [0.25, 0.3) is 0 Å². The molecule has 2 N–H and O–H groups in total. The molecule has 3 nitrogen and oxygen atoms in total. The first-order valence-electron chi connectivity index (χ1n) is 7.19. The zero-order chi connectivity index (χ0) is 14.0. The topological polar surface area (TPSA) is 32.5 Å². The Labute approximate surface area is 117 Å². The molecule has 1 aromatic rings. The van der Waals surface area contributed by atoms with Gasteiger partial charge in [0.05, 0.1) is 0 Å². The molecule has 0 bridgehead atoms. The molecular weight excluding hydrogens is 234 g/mol. The molecule has 0 aliphatic carbocycles. The smallest absolute Gasteiger partial charge is 0.0399 e. The van der Waals surface area contributed by atoms with Crippen LogP contribution in [0.4, 0.5) is 5.69 Å². The molecule has 1 saturated heterocycles. The Balaban J connectivity index is 1.98. The van der Waals surface area contributed by atoms with E-state index < -0.39 is 0 Å². The summed E-state index contributed by atoms with van der Waals surface area (Å²) in [5.41, 5.74) is 10.2. The van der Waals surface area contributed by atoms with E-state index in [1.807, 2.05) is 0 Å². The number of rotatable bonds is 3. The fourth-order valence-electron chi connectivity index (χ4n) is 2.80. The molecule has 0 spiro atoms. The van der Waals surface area contributed by atoms with Gasteiger partial charge in [-0.05, 0) is 44.9 Å². The normalized spacial score (nSPS) is 17.8. The van der Waals surface area contributed by atoms with Crippen molar-refractivity contribution in [2.45, 2.75) is 33.2 Å². The number of benzene rings is 1. The van der Waals surface area contributed by atoms with Crippen molar-refractivity contribution in [1.29, 1.82) is 0 Å². The van der Waals surface area contributed by atoms with Crippen LogP contribution in [-0.4, -0.2) is 43.2 Å². The highest BCUT2D eigenvalue weighted by atomic mass is 15.3. The van der Waals surface area contributed by atoms with E-state index in [0.717, 1.165) is 32.7 Å². The fraction of sp³-hybridized carbons (Fsp3) is 0.625. The number of anilines is 1. The van der Waals surface area contributed by atoms with Crippen LogP contribution in [0.2, 0.25) is 0 Å². The van der Waals surface area contributed by atoms with Gasteiger partial charge in [-0.15, -0.1) is 0 Å². The molecule has 1 heterocycles. The third kappa shape index (κ3) is 3.71. The first-order chi connectivity index (χ1) is 8.87. The van der Waals surface area contributed by atoms with Gasteiger partial charge >= 0.3 is 0 Å². The zero-order valence-corrected chi connectivity index (χ0v) is 12.7. The van der Waals surface area contributed by atoms with Crippen molar-refractivity contribution in [3.63, 3.8) is 0 Å². The second kappa shape index (κ2) is 5.51. The van der Waals surface area contributed by atoms with Crippen LogP contribution >= 0.6 is 0 Å². The Kier molecular flexibility index (Phi) is 4.16.